The van der Waals surface area contributed by atoms with Gasteiger partial charge in [-0.25, -0.2) is 0 Å². The zero-order chi connectivity index (χ0) is 13.1. The first kappa shape index (κ1) is 11.7. The summed E-state index contributed by atoms with van der Waals surface area (Å²) in [4.78, 5) is 4.34. The number of aryl methyl sites for hydroxylation is 1. The highest BCUT2D eigenvalue weighted by Crippen LogP contribution is 2.25. The van der Waals surface area contributed by atoms with Gasteiger partial charge >= 0.3 is 0 Å². The van der Waals surface area contributed by atoms with Crippen LogP contribution >= 0.6 is 0 Å². The first-order chi connectivity index (χ1) is 9.36. The Morgan fingerprint density at radius 3 is 3.00 bits per heavy atom. The predicted octanol–water partition coefficient (Wildman–Crippen LogP) is 3.92. The van der Waals surface area contributed by atoms with E-state index in [1.54, 1.807) is 0 Å². The maximum atomic E-state index is 5.27. The number of para-hydroxylation sites is 1. The third-order valence-electron chi connectivity index (χ3n) is 2.96. The molecule has 0 unspecified atom stereocenters. The second-order valence-electron chi connectivity index (χ2n) is 4.44. The van der Waals surface area contributed by atoms with Gasteiger partial charge in [-0.3, -0.25) is 4.98 Å². The van der Waals surface area contributed by atoms with E-state index in [1.807, 2.05) is 42.6 Å². The molecule has 1 aromatic carbocycles. The molecule has 0 fully saturated rings. The minimum atomic E-state index is 0.740. The summed E-state index contributed by atoms with van der Waals surface area (Å²) in [5.41, 5.74) is 2.85. The summed E-state index contributed by atoms with van der Waals surface area (Å²) in [5.74, 6) is 0.740. The Morgan fingerprint density at radius 2 is 2.11 bits per heavy atom. The topological polar surface area (TPSA) is 51.0 Å². The number of fused-ring (bicyclic) bond motifs is 1. The Morgan fingerprint density at radius 1 is 1.21 bits per heavy atom. The highest BCUT2D eigenvalue weighted by atomic mass is 16.5. The first-order valence-electron chi connectivity index (χ1n) is 6.43. The van der Waals surface area contributed by atoms with Crippen molar-refractivity contribution in [2.75, 3.05) is 5.32 Å². The second kappa shape index (κ2) is 5.10. The molecule has 0 aliphatic heterocycles. The van der Waals surface area contributed by atoms with E-state index in [4.69, 9.17) is 4.52 Å². The molecule has 0 saturated carbocycles. The van der Waals surface area contributed by atoms with E-state index in [9.17, 15) is 0 Å². The highest BCUT2D eigenvalue weighted by Gasteiger charge is 2.07. The Bertz CT molecular complexity index is 690. The number of hydrogen-bond acceptors (Lipinski definition) is 4. The number of nitrogens with one attached hydrogen (secondary N) is 1. The molecule has 0 atom stereocenters. The van der Waals surface area contributed by atoms with E-state index in [-0.39, 0.29) is 0 Å². The monoisotopic (exact) mass is 253 g/mol. The third-order valence-corrected chi connectivity index (χ3v) is 2.96. The predicted molar refractivity (Wildman–Crippen MR) is 75.5 cm³/mol. The van der Waals surface area contributed by atoms with Gasteiger partial charge < -0.3 is 9.84 Å². The van der Waals surface area contributed by atoms with Gasteiger partial charge in [0, 0.05) is 17.6 Å². The van der Waals surface area contributed by atoms with Crippen molar-refractivity contribution in [2.24, 2.45) is 0 Å². The van der Waals surface area contributed by atoms with Gasteiger partial charge in [0.1, 0.15) is 0 Å². The summed E-state index contributed by atoms with van der Waals surface area (Å²) in [7, 11) is 0. The fourth-order valence-electron chi connectivity index (χ4n) is 2.06. The highest BCUT2D eigenvalue weighted by molar-refractivity contribution is 5.89. The smallest absolute Gasteiger partial charge is 0.181 e. The molecule has 2 aromatic heterocycles. The maximum Gasteiger partial charge on any atom is 0.181 e. The van der Waals surface area contributed by atoms with Crippen molar-refractivity contribution in [3.05, 3.63) is 48.3 Å². The van der Waals surface area contributed by atoms with Crippen LogP contribution in [0.2, 0.25) is 0 Å². The number of anilines is 2. The van der Waals surface area contributed by atoms with E-state index < -0.39 is 0 Å². The number of pyridine rings is 1. The van der Waals surface area contributed by atoms with Gasteiger partial charge in [0.05, 0.1) is 5.39 Å². The van der Waals surface area contributed by atoms with Gasteiger partial charge in [-0.15, -0.1) is 0 Å². The maximum absolute atomic E-state index is 5.27. The quantitative estimate of drug-likeness (QED) is 0.765. The van der Waals surface area contributed by atoms with Crippen molar-refractivity contribution in [3.63, 3.8) is 0 Å². The van der Waals surface area contributed by atoms with Crippen molar-refractivity contribution in [1.82, 2.24) is 10.1 Å². The molecular formula is C15H15N3O. The lowest BCUT2D eigenvalue weighted by Gasteiger charge is -2.04. The van der Waals surface area contributed by atoms with E-state index >= 15 is 0 Å². The van der Waals surface area contributed by atoms with Gasteiger partial charge in [0.2, 0.25) is 0 Å². The average molecular weight is 253 g/mol. The largest absolute Gasteiger partial charge is 0.354 e. The molecule has 0 aliphatic rings. The van der Waals surface area contributed by atoms with Crippen LogP contribution in [0, 0.1) is 0 Å². The second-order valence-corrected chi connectivity index (χ2v) is 4.44. The molecule has 0 saturated heterocycles. The van der Waals surface area contributed by atoms with Crippen molar-refractivity contribution >= 4 is 22.5 Å². The minimum Gasteiger partial charge on any atom is -0.354 e. The molecule has 4 nitrogen and oxygen atoms in total. The van der Waals surface area contributed by atoms with Crippen molar-refractivity contribution < 1.29 is 4.52 Å². The number of nitrogens with zero attached hydrogens (tertiary/aromatic N) is 2. The molecule has 1 N–H and O–H groups in total. The molecule has 0 bridgehead atoms. The zero-order valence-corrected chi connectivity index (χ0v) is 10.8. The Balaban J connectivity index is 1.90. The summed E-state index contributed by atoms with van der Waals surface area (Å²) in [6, 6.07) is 11.8. The van der Waals surface area contributed by atoms with E-state index in [0.29, 0.717) is 0 Å². The lowest BCUT2D eigenvalue weighted by atomic mass is 10.2. The summed E-state index contributed by atoms with van der Waals surface area (Å²) >= 11 is 0. The summed E-state index contributed by atoms with van der Waals surface area (Å²) in [5, 5.41) is 8.32. The van der Waals surface area contributed by atoms with Crippen LogP contribution in [0.1, 0.15) is 19.0 Å². The van der Waals surface area contributed by atoms with Gasteiger partial charge in [0.25, 0.3) is 0 Å². The van der Waals surface area contributed by atoms with Crippen LogP contribution in [0.5, 0.6) is 0 Å². The zero-order valence-electron chi connectivity index (χ0n) is 10.8. The van der Waals surface area contributed by atoms with E-state index in [2.05, 4.69) is 22.4 Å². The van der Waals surface area contributed by atoms with Gasteiger partial charge in [-0.2, -0.15) is 0 Å². The molecule has 3 aromatic rings. The molecule has 96 valence electrons. The van der Waals surface area contributed by atoms with Crippen molar-refractivity contribution in [1.29, 1.82) is 0 Å². The minimum absolute atomic E-state index is 0.740. The first-order valence-corrected chi connectivity index (χ1v) is 6.43. The Kier molecular flexibility index (Phi) is 3.14. The van der Waals surface area contributed by atoms with Crippen molar-refractivity contribution in [2.45, 2.75) is 19.8 Å². The molecule has 2 heterocycles. The molecule has 3 rings (SSSR count). The summed E-state index contributed by atoms with van der Waals surface area (Å²) in [6.07, 6.45) is 3.88. The SMILES string of the molecule is CCCc1cc(Nc2noc3ccccc23)ccn1. The van der Waals surface area contributed by atoms with E-state index in [0.717, 1.165) is 41.0 Å². The standard InChI is InChI=1S/C15H15N3O/c1-2-5-11-10-12(8-9-16-11)17-15-13-6-3-4-7-14(13)19-18-15/h3-4,6-10H,2,5H2,1H3,(H,16,17,18). The fourth-order valence-corrected chi connectivity index (χ4v) is 2.06. The lowest BCUT2D eigenvalue weighted by molar-refractivity contribution is 0.460. The fraction of sp³-hybridized carbons (Fsp3) is 0.200. The molecular weight excluding hydrogens is 238 g/mol. The third kappa shape index (κ3) is 2.42. The van der Waals surface area contributed by atoms with Crippen LogP contribution < -0.4 is 5.32 Å². The number of aromatic nitrogens is 2. The molecule has 0 amide bonds. The van der Waals surface area contributed by atoms with Crippen molar-refractivity contribution in [3.8, 4) is 0 Å². The molecule has 0 aliphatic carbocycles. The number of hydrogen-bond donors (Lipinski definition) is 1. The van der Waals surface area contributed by atoms with Crippen LogP contribution in [0.25, 0.3) is 11.0 Å². The van der Waals surface area contributed by atoms with Crippen LogP contribution in [0.3, 0.4) is 0 Å². The Labute approximate surface area is 111 Å². The number of rotatable bonds is 4. The van der Waals surface area contributed by atoms with Crippen LogP contribution in [0.4, 0.5) is 11.5 Å². The van der Waals surface area contributed by atoms with Gasteiger partial charge in [-0.05, 0) is 30.7 Å². The Hall–Kier alpha value is -2.36. The molecule has 19 heavy (non-hydrogen) atoms. The normalized spacial score (nSPS) is 10.8. The van der Waals surface area contributed by atoms with Crippen LogP contribution in [0.15, 0.2) is 47.1 Å². The van der Waals surface area contributed by atoms with Gasteiger partial charge in [-0.1, -0.05) is 30.6 Å². The summed E-state index contributed by atoms with van der Waals surface area (Å²) < 4.78 is 5.27. The molecule has 4 heteroatoms. The van der Waals surface area contributed by atoms with Gasteiger partial charge in [0.15, 0.2) is 11.4 Å². The summed E-state index contributed by atoms with van der Waals surface area (Å²) in [6.45, 7) is 2.15. The average Bonchev–Trinajstić information content (AvgIpc) is 2.83. The molecule has 0 spiro atoms. The lowest BCUT2D eigenvalue weighted by Crippen LogP contribution is -1.94. The van der Waals surface area contributed by atoms with Crippen LogP contribution in [-0.2, 0) is 6.42 Å². The number of benzene rings is 1. The van der Waals surface area contributed by atoms with Crippen LogP contribution in [-0.4, -0.2) is 10.1 Å². The van der Waals surface area contributed by atoms with E-state index in [1.165, 1.54) is 0 Å². The molecule has 0 radical (unpaired) electrons.